The molecule has 0 saturated carbocycles. The largest absolute Gasteiger partial charge is 0.312 e. The molecule has 1 aliphatic heterocycles. The van der Waals surface area contributed by atoms with Gasteiger partial charge in [0.15, 0.2) is 0 Å². The highest BCUT2D eigenvalue weighted by atomic mass is 19.1. The Hall–Kier alpha value is -0.930. The molecule has 1 aromatic carbocycles. The van der Waals surface area contributed by atoms with Gasteiger partial charge in [-0.2, -0.15) is 0 Å². The van der Waals surface area contributed by atoms with E-state index in [2.05, 4.69) is 17.3 Å². The number of hydrogen-bond acceptors (Lipinski definition) is 2. The maximum Gasteiger partial charge on any atom is 0.123 e. The lowest BCUT2D eigenvalue weighted by atomic mass is 9.98. The number of nitrogens with one attached hydrogen (secondary N) is 1. The van der Waals surface area contributed by atoms with Crippen molar-refractivity contribution in [1.29, 1.82) is 0 Å². The van der Waals surface area contributed by atoms with Gasteiger partial charge in [0.1, 0.15) is 5.82 Å². The molecule has 17 heavy (non-hydrogen) atoms. The van der Waals surface area contributed by atoms with Gasteiger partial charge in [-0.1, -0.05) is 12.1 Å². The lowest BCUT2D eigenvalue weighted by molar-refractivity contribution is 0.206. The Balaban J connectivity index is 1.72. The van der Waals surface area contributed by atoms with Crippen molar-refractivity contribution in [1.82, 2.24) is 10.2 Å². The molecule has 0 spiro atoms. The third-order valence-electron chi connectivity index (χ3n) is 3.37. The standard InChI is InChI=1S/C14H21FN2/c1-17-7-3-5-13(11-17)10-16-9-12-4-2-6-14(15)8-12/h2,4,6,8,13,16H,3,5,7,9-11H2,1H3. The van der Waals surface area contributed by atoms with E-state index in [9.17, 15) is 4.39 Å². The average molecular weight is 236 g/mol. The fraction of sp³-hybridized carbons (Fsp3) is 0.571. The fourth-order valence-corrected chi connectivity index (χ4v) is 2.51. The van der Waals surface area contributed by atoms with Crippen molar-refractivity contribution in [2.45, 2.75) is 19.4 Å². The first-order chi connectivity index (χ1) is 8.24. The lowest BCUT2D eigenvalue weighted by Gasteiger charge is -2.29. The Bertz CT molecular complexity index is 354. The second kappa shape index (κ2) is 6.12. The van der Waals surface area contributed by atoms with Gasteiger partial charge < -0.3 is 10.2 Å². The van der Waals surface area contributed by atoms with Crippen molar-refractivity contribution in [2.75, 3.05) is 26.7 Å². The minimum absolute atomic E-state index is 0.151. The second-order valence-corrected chi connectivity index (χ2v) is 5.03. The van der Waals surface area contributed by atoms with E-state index in [0.29, 0.717) is 0 Å². The van der Waals surface area contributed by atoms with Crippen molar-refractivity contribution in [2.24, 2.45) is 5.92 Å². The van der Waals surface area contributed by atoms with Gasteiger partial charge in [0.2, 0.25) is 0 Å². The Labute approximate surface area is 103 Å². The molecule has 94 valence electrons. The second-order valence-electron chi connectivity index (χ2n) is 5.03. The predicted molar refractivity (Wildman–Crippen MR) is 68.3 cm³/mol. The van der Waals surface area contributed by atoms with Gasteiger partial charge in [0, 0.05) is 13.1 Å². The number of hydrogen-bond donors (Lipinski definition) is 1. The van der Waals surface area contributed by atoms with Crippen LogP contribution in [0.4, 0.5) is 4.39 Å². The van der Waals surface area contributed by atoms with E-state index >= 15 is 0 Å². The minimum atomic E-state index is -0.151. The Morgan fingerprint density at radius 3 is 3.12 bits per heavy atom. The van der Waals surface area contributed by atoms with Crippen LogP contribution in [0.1, 0.15) is 18.4 Å². The molecule has 1 N–H and O–H groups in total. The van der Waals surface area contributed by atoms with Gasteiger partial charge in [0.05, 0.1) is 0 Å². The summed E-state index contributed by atoms with van der Waals surface area (Å²) in [7, 11) is 2.18. The molecule has 1 aromatic rings. The fourth-order valence-electron chi connectivity index (χ4n) is 2.51. The van der Waals surface area contributed by atoms with Crippen LogP contribution in [-0.2, 0) is 6.54 Å². The molecule has 1 fully saturated rings. The number of benzene rings is 1. The molecule has 3 heteroatoms. The van der Waals surface area contributed by atoms with Crippen molar-refractivity contribution < 1.29 is 4.39 Å². The monoisotopic (exact) mass is 236 g/mol. The molecule has 0 aliphatic carbocycles. The van der Waals surface area contributed by atoms with Crippen LogP contribution in [0.15, 0.2) is 24.3 Å². The molecule has 0 aromatic heterocycles. The van der Waals surface area contributed by atoms with E-state index in [1.54, 1.807) is 12.1 Å². The molecule has 0 amide bonds. The SMILES string of the molecule is CN1CCCC(CNCc2cccc(F)c2)C1. The van der Waals surface area contributed by atoms with Crippen molar-refractivity contribution >= 4 is 0 Å². The van der Waals surface area contributed by atoms with Gasteiger partial charge in [-0.25, -0.2) is 4.39 Å². The lowest BCUT2D eigenvalue weighted by Crippen LogP contribution is -2.37. The predicted octanol–water partition coefficient (Wildman–Crippen LogP) is 2.26. The maximum atomic E-state index is 13.0. The molecule has 2 nitrogen and oxygen atoms in total. The first-order valence-corrected chi connectivity index (χ1v) is 6.38. The summed E-state index contributed by atoms with van der Waals surface area (Å²) in [4.78, 5) is 2.39. The summed E-state index contributed by atoms with van der Waals surface area (Å²) in [6.07, 6.45) is 2.60. The van der Waals surface area contributed by atoms with Crippen LogP contribution >= 0.6 is 0 Å². The molecule has 1 saturated heterocycles. The van der Waals surface area contributed by atoms with Crippen LogP contribution < -0.4 is 5.32 Å². The number of nitrogens with zero attached hydrogens (tertiary/aromatic N) is 1. The van der Waals surface area contributed by atoms with Crippen LogP contribution in [-0.4, -0.2) is 31.6 Å². The summed E-state index contributed by atoms with van der Waals surface area (Å²) in [5.74, 6) is 0.587. The van der Waals surface area contributed by atoms with Gasteiger partial charge in [-0.15, -0.1) is 0 Å². The van der Waals surface area contributed by atoms with Crippen molar-refractivity contribution in [3.63, 3.8) is 0 Å². The topological polar surface area (TPSA) is 15.3 Å². The first kappa shape index (κ1) is 12.5. The van der Waals surface area contributed by atoms with Gasteiger partial charge in [-0.05, 0) is 56.6 Å². The normalized spacial score (nSPS) is 21.6. The van der Waals surface area contributed by atoms with E-state index < -0.39 is 0 Å². The number of halogens is 1. The molecule has 1 atom stereocenters. The zero-order valence-electron chi connectivity index (χ0n) is 10.5. The summed E-state index contributed by atoms with van der Waals surface area (Å²) in [5, 5.41) is 3.43. The average Bonchev–Trinajstić information content (AvgIpc) is 2.29. The summed E-state index contributed by atoms with van der Waals surface area (Å²) in [6, 6.07) is 6.81. The molecular formula is C14H21FN2. The van der Waals surface area contributed by atoms with Gasteiger partial charge >= 0.3 is 0 Å². The Kier molecular flexibility index (Phi) is 4.51. The molecule has 2 rings (SSSR count). The van der Waals surface area contributed by atoms with Crippen LogP contribution in [0.2, 0.25) is 0 Å². The van der Waals surface area contributed by atoms with Crippen molar-refractivity contribution in [3.8, 4) is 0 Å². The third kappa shape index (κ3) is 4.10. The first-order valence-electron chi connectivity index (χ1n) is 6.38. The third-order valence-corrected chi connectivity index (χ3v) is 3.37. The summed E-state index contributed by atoms with van der Waals surface area (Å²) in [5.41, 5.74) is 1.02. The van der Waals surface area contributed by atoms with E-state index in [1.807, 2.05) is 6.07 Å². The van der Waals surface area contributed by atoms with E-state index in [1.165, 1.54) is 32.0 Å². The van der Waals surface area contributed by atoms with Crippen LogP contribution in [0.3, 0.4) is 0 Å². The zero-order valence-corrected chi connectivity index (χ0v) is 10.5. The van der Waals surface area contributed by atoms with E-state index in [4.69, 9.17) is 0 Å². The number of piperidine rings is 1. The smallest absolute Gasteiger partial charge is 0.123 e. The highest BCUT2D eigenvalue weighted by Crippen LogP contribution is 2.14. The molecular weight excluding hydrogens is 215 g/mol. The summed E-state index contributed by atoms with van der Waals surface area (Å²) >= 11 is 0. The summed E-state index contributed by atoms with van der Waals surface area (Å²) < 4.78 is 13.0. The number of likely N-dealkylation sites (tertiary alicyclic amines) is 1. The van der Waals surface area contributed by atoms with Crippen LogP contribution in [0.25, 0.3) is 0 Å². The highest BCUT2D eigenvalue weighted by molar-refractivity contribution is 5.15. The van der Waals surface area contributed by atoms with Gasteiger partial charge in [-0.3, -0.25) is 0 Å². The van der Waals surface area contributed by atoms with Crippen LogP contribution in [0, 0.1) is 11.7 Å². The minimum Gasteiger partial charge on any atom is -0.312 e. The van der Waals surface area contributed by atoms with E-state index in [0.717, 1.165) is 24.6 Å². The quantitative estimate of drug-likeness (QED) is 0.862. The Morgan fingerprint density at radius 1 is 1.47 bits per heavy atom. The van der Waals surface area contributed by atoms with Crippen LogP contribution in [0.5, 0.6) is 0 Å². The van der Waals surface area contributed by atoms with Gasteiger partial charge in [0.25, 0.3) is 0 Å². The highest BCUT2D eigenvalue weighted by Gasteiger charge is 2.16. The summed E-state index contributed by atoms with van der Waals surface area (Å²) in [6.45, 7) is 4.19. The molecule has 1 unspecified atom stereocenters. The Morgan fingerprint density at radius 2 is 2.35 bits per heavy atom. The maximum absolute atomic E-state index is 13.0. The number of rotatable bonds is 4. The molecule has 0 radical (unpaired) electrons. The zero-order chi connectivity index (χ0) is 12.1. The molecule has 1 aliphatic rings. The molecule has 0 bridgehead atoms. The van der Waals surface area contributed by atoms with E-state index in [-0.39, 0.29) is 5.82 Å². The molecule has 1 heterocycles. The van der Waals surface area contributed by atoms with Crippen molar-refractivity contribution in [3.05, 3.63) is 35.6 Å².